The van der Waals surface area contributed by atoms with Crippen LogP contribution in [0.5, 0.6) is 5.75 Å². The highest BCUT2D eigenvalue weighted by Gasteiger charge is 2.15. The van der Waals surface area contributed by atoms with Crippen LogP contribution < -0.4 is 16.2 Å². The molecule has 0 atom stereocenters. The Morgan fingerprint density at radius 1 is 1.26 bits per heavy atom. The topological polar surface area (TPSA) is 149 Å². The van der Waals surface area contributed by atoms with Gasteiger partial charge in [-0.2, -0.15) is 10.4 Å². The molecule has 0 bridgehead atoms. The van der Waals surface area contributed by atoms with Crippen molar-refractivity contribution in [3.8, 4) is 28.9 Å². The number of benzene rings is 1. The SMILES string of the molecule is N#Cc1cc(-c2cnc(N)c(-n3cc(C(N)=O)cn3)n2)ccc1OCCN1CCCC1. The van der Waals surface area contributed by atoms with Crippen molar-refractivity contribution in [2.45, 2.75) is 12.8 Å². The van der Waals surface area contributed by atoms with Gasteiger partial charge in [-0.3, -0.25) is 9.69 Å². The minimum Gasteiger partial charge on any atom is -0.491 e. The molecule has 0 saturated carbocycles. The summed E-state index contributed by atoms with van der Waals surface area (Å²) in [4.78, 5) is 22.4. The molecule has 1 aliphatic rings. The average Bonchev–Trinajstić information content (AvgIpc) is 3.47. The van der Waals surface area contributed by atoms with Crippen LogP contribution >= 0.6 is 0 Å². The molecule has 31 heavy (non-hydrogen) atoms. The zero-order valence-corrected chi connectivity index (χ0v) is 16.9. The van der Waals surface area contributed by atoms with Crippen molar-refractivity contribution in [2.75, 3.05) is 32.0 Å². The summed E-state index contributed by atoms with van der Waals surface area (Å²) in [6.45, 7) is 3.57. The number of nitrogen functional groups attached to an aromatic ring is 1. The Morgan fingerprint density at radius 3 is 2.77 bits per heavy atom. The van der Waals surface area contributed by atoms with Gasteiger partial charge < -0.3 is 16.2 Å². The van der Waals surface area contributed by atoms with Crippen LogP contribution in [-0.4, -0.2) is 56.8 Å². The van der Waals surface area contributed by atoms with Crippen molar-refractivity contribution in [3.05, 3.63) is 47.9 Å². The van der Waals surface area contributed by atoms with E-state index in [1.54, 1.807) is 12.1 Å². The van der Waals surface area contributed by atoms with Crippen LogP contribution in [0.25, 0.3) is 17.1 Å². The normalized spacial score (nSPS) is 13.8. The number of amides is 1. The highest BCUT2D eigenvalue weighted by atomic mass is 16.5. The predicted octanol–water partition coefficient (Wildman–Crippen LogP) is 1.36. The van der Waals surface area contributed by atoms with Gasteiger partial charge in [-0.05, 0) is 44.1 Å². The van der Waals surface area contributed by atoms with E-state index in [2.05, 4.69) is 26.0 Å². The Labute approximate surface area is 179 Å². The van der Waals surface area contributed by atoms with Gasteiger partial charge in [0.2, 0.25) is 0 Å². The van der Waals surface area contributed by atoms with Gasteiger partial charge >= 0.3 is 0 Å². The first-order chi connectivity index (χ1) is 15.0. The van der Waals surface area contributed by atoms with Crippen molar-refractivity contribution in [3.63, 3.8) is 0 Å². The van der Waals surface area contributed by atoms with E-state index in [0.717, 1.165) is 19.6 Å². The lowest BCUT2D eigenvalue weighted by atomic mass is 10.1. The van der Waals surface area contributed by atoms with Crippen LogP contribution in [0.3, 0.4) is 0 Å². The standard InChI is InChI=1S/C21H22N8O2/c22-10-15-9-14(3-4-18(15)31-8-7-28-5-1-2-6-28)17-12-25-19(23)21(27-17)29-13-16(11-26-29)20(24)30/h3-4,9,11-13H,1-2,5-8H2,(H2,23,25)(H2,24,30). The molecule has 1 amide bonds. The summed E-state index contributed by atoms with van der Waals surface area (Å²) in [6.07, 6.45) is 6.74. The second-order valence-corrected chi connectivity index (χ2v) is 7.22. The summed E-state index contributed by atoms with van der Waals surface area (Å²) in [5.41, 5.74) is 13.0. The molecule has 10 nitrogen and oxygen atoms in total. The minimum absolute atomic E-state index is 0.144. The zero-order chi connectivity index (χ0) is 21.8. The monoisotopic (exact) mass is 418 g/mol. The average molecular weight is 418 g/mol. The van der Waals surface area contributed by atoms with E-state index in [1.807, 2.05) is 6.07 Å². The molecular formula is C21H22N8O2. The van der Waals surface area contributed by atoms with Gasteiger partial charge in [0.05, 0.1) is 29.2 Å². The number of nitrogens with two attached hydrogens (primary N) is 2. The minimum atomic E-state index is -0.604. The number of carbonyl (C=O) groups is 1. The first-order valence-electron chi connectivity index (χ1n) is 9.92. The summed E-state index contributed by atoms with van der Waals surface area (Å²) in [5.74, 6) is 0.333. The molecule has 0 aliphatic carbocycles. The van der Waals surface area contributed by atoms with Crippen molar-refractivity contribution in [1.82, 2.24) is 24.6 Å². The van der Waals surface area contributed by atoms with E-state index in [4.69, 9.17) is 16.2 Å². The number of aromatic nitrogens is 4. The molecular weight excluding hydrogens is 396 g/mol. The van der Waals surface area contributed by atoms with Gasteiger partial charge in [0.1, 0.15) is 18.4 Å². The maximum Gasteiger partial charge on any atom is 0.251 e. The van der Waals surface area contributed by atoms with Crippen molar-refractivity contribution < 1.29 is 9.53 Å². The third kappa shape index (κ3) is 4.46. The summed E-state index contributed by atoms with van der Waals surface area (Å²) in [6, 6.07) is 7.45. The molecule has 4 rings (SSSR count). The number of nitrogens with zero attached hydrogens (tertiary/aromatic N) is 6. The van der Waals surface area contributed by atoms with Gasteiger partial charge in [0.15, 0.2) is 11.6 Å². The smallest absolute Gasteiger partial charge is 0.251 e. The third-order valence-electron chi connectivity index (χ3n) is 5.13. The van der Waals surface area contributed by atoms with Gasteiger partial charge in [-0.15, -0.1) is 0 Å². The molecule has 4 N–H and O–H groups in total. The summed E-state index contributed by atoms with van der Waals surface area (Å²) < 4.78 is 7.18. The summed E-state index contributed by atoms with van der Waals surface area (Å²) in [7, 11) is 0. The second kappa shape index (κ2) is 8.81. The third-order valence-corrected chi connectivity index (χ3v) is 5.13. The quantitative estimate of drug-likeness (QED) is 0.584. The maximum atomic E-state index is 11.3. The molecule has 0 spiro atoms. The van der Waals surface area contributed by atoms with Gasteiger partial charge in [-0.25, -0.2) is 14.6 Å². The maximum absolute atomic E-state index is 11.3. The van der Waals surface area contributed by atoms with Crippen LogP contribution in [0.4, 0.5) is 5.82 Å². The molecule has 1 fully saturated rings. The van der Waals surface area contributed by atoms with E-state index in [9.17, 15) is 10.1 Å². The molecule has 2 aromatic heterocycles. The number of rotatable bonds is 7. The van der Waals surface area contributed by atoms with Crippen LogP contribution in [0, 0.1) is 11.3 Å². The molecule has 0 radical (unpaired) electrons. The lowest BCUT2D eigenvalue weighted by Crippen LogP contribution is -2.25. The molecule has 158 valence electrons. The number of carbonyl (C=O) groups excluding carboxylic acids is 1. The molecule has 0 unspecified atom stereocenters. The molecule has 10 heteroatoms. The number of likely N-dealkylation sites (tertiary alicyclic amines) is 1. The first-order valence-corrected chi connectivity index (χ1v) is 9.92. The Hall–Kier alpha value is -3.97. The van der Waals surface area contributed by atoms with Crippen LogP contribution in [0.2, 0.25) is 0 Å². The molecule has 1 aliphatic heterocycles. The Bertz CT molecular complexity index is 1140. The Morgan fingerprint density at radius 2 is 2.06 bits per heavy atom. The number of ether oxygens (including phenoxy) is 1. The van der Waals surface area contributed by atoms with Crippen LogP contribution in [0.1, 0.15) is 28.8 Å². The van der Waals surface area contributed by atoms with E-state index in [0.29, 0.717) is 29.2 Å². The summed E-state index contributed by atoms with van der Waals surface area (Å²) >= 11 is 0. The number of primary amides is 1. The van der Waals surface area contributed by atoms with E-state index < -0.39 is 5.91 Å². The van der Waals surface area contributed by atoms with E-state index in [1.165, 1.54) is 36.1 Å². The van der Waals surface area contributed by atoms with E-state index >= 15 is 0 Å². The lowest BCUT2D eigenvalue weighted by Gasteiger charge is -2.15. The zero-order valence-electron chi connectivity index (χ0n) is 16.9. The fourth-order valence-corrected chi connectivity index (χ4v) is 3.46. The molecule has 3 heterocycles. The second-order valence-electron chi connectivity index (χ2n) is 7.22. The van der Waals surface area contributed by atoms with Gasteiger partial charge in [0.25, 0.3) is 5.91 Å². The van der Waals surface area contributed by atoms with Crippen LogP contribution in [0.15, 0.2) is 36.8 Å². The van der Waals surface area contributed by atoms with Gasteiger partial charge in [0, 0.05) is 18.3 Å². The predicted molar refractivity (Wildman–Crippen MR) is 113 cm³/mol. The number of hydrogen-bond acceptors (Lipinski definition) is 8. The van der Waals surface area contributed by atoms with Crippen LogP contribution in [-0.2, 0) is 0 Å². The molecule has 1 aromatic carbocycles. The largest absolute Gasteiger partial charge is 0.491 e. The Balaban J connectivity index is 1.56. The van der Waals surface area contributed by atoms with Crippen molar-refractivity contribution in [1.29, 1.82) is 5.26 Å². The van der Waals surface area contributed by atoms with Gasteiger partial charge in [-0.1, -0.05) is 0 Å². The van der Waals surface area contributed by atoms with Crippen molar-refractivity contribution in [2.24, 2.45) is 5.73 Å². The highest BCUT2D eigenvalue weighted by Crippen LogP contribution is 2.26. The van der Waals surface area contributed by atoms with Crippen molar-refractivity contribution >= 4 is 11.7 Å². The fraction of sp³-hybridized carbons (Fsp3) is 0.286. The Kier molecular flexibility index (Phi) is 5.77. The highest BCUT2D eigenvalue weighted by molar-refractivity contribution is 5.92. The number of nitriles is 1. The number of anilines is 1. The van der Waals surface area contributed by atoms with E-state index in [-0.39, 0.29) is 17.2 Å². The fourth-order valence-electron chi connectivity index (χ4n) is 3.46. The lowest BCUT2D eigenvalue weighted by molar-refractivity contribution is 0.100. The summed E-state index contributed by atoms with van der Waals surface area (Å²) in [5, 5.41) is 13.7. The number of hydrogen-bond donors (Lipinski definition) is 2. The first kappa shape index (κ1) is 20.3. The molecule has 1 saturated heterocycles. The molecule has 3 aromatic rings.